The van der Waals surface area contributed by atoms with Gasteiger partial charge in [-0.25, -0.2) is 4.98 Å². The molecule has 0 aromatic carbocycles. The maximum atomic E-state index is 9.37. The average Bonchev–Trinajstić information content (AvgIpc) is 2.96. The SMILES string of the molecule is CCCc1nc(N(C)Cc2cnn(C)c2)sc1CO. The number of rotatable bonds is 6. The van der Waals surface area contributed by atoms with E-state index in [0.717, 1.165) is 40.7 Å². The summed E-state index contributed by atoms with van der Waals surface area (Å²) in [5.74, 6) is 0. The van der Waals surface area contributed by atoms with Crippen molar-refractivity contribution >= 4 is 16.5 Å². The lowest BCUT2D eigenvalue weighted by molar-refractivity contribution is 0.284. The van der Waals surface area contributed by atoms with Gasteiger partial charge in [-0.05, 0) is 6.42 Å². The Hall–Kier alpha value is -1.40. The maximum Gasteiger partial charge on any atom is 0.185 e. The Bertz CT molecular complexity index is 534. The monoisotopic (exact) mass is 280 g/mol. The second kappa shape index (κ2) is 6.16. The summed E-state index contributed by atoms with van der Waals surface area (Å²) in [6.07, 6.45) is 5.84. The Balaban J connectivity index is 2.12. The van der Waals surface area contributed by atoms with Crippen LogP contribution in [0.4, 0.5) is 5.13 Å². The van der Waals surface area contributed by atoms with Crippen LogP contribution in [0.5, 0.6) is 0 Å². The van der Waals surface area contributed by atoms with Gasteiger partial charge in [0.25, 0.3) is 0 Å². The second-order valence-electron chi connectivity index (χ2n) is 4.65. The molecule has 0 radical (unpaired) electrons. The molecule has 0 unspecified atom stereocenters. The minimum atomic E-state index is 0.0771. The summed E-state index contributed by atoms with van der Waals surface area (Å²) in [6, 6.07) is 0. The first kappa shape index (κ1) is 14.0. The van der Waals surface area contributed by atoms with Gasteiger partial charge < -0.3 is 10.0 Å². The Kier molecular flexibility index (Phi) is 4.55. The quantitative estimate of drug-likeness (QED) is 0.879. The molecule has 0 aliphatic heterocycles. The number of aromatic nitrogens is 3. The number of anilines is 1. The number of aliphatic hydroxyl groups is 1. The molecule has 2 aromatic rings. The molecule has 0 spiro atoms. The zero-order valence-electron chi connectivity index (χ0n) is 11.6. The molecule has 0 aliphatic rings. The Morgan fingerprint density at radius 2 is 2.26 bits per heavy atom. The number of aliphatic hydroxyl groups excluding tert-OH is 1. The molecule has 1 N–H and O–H groups in total. The summed E-state index contributed by atoms with van der Waals surface area (Å²) in [7, 11) is 3.93. The predicted octanol–water partition coefficient (Wildman–Crippen LogP) is 1.96. The van der Waals surface area contributed by atoms with Gasteiger partial charge in [0, 0.05) is 32.4 Å². The molecule has 104 valence electrons. The smallest absolute Gasteiger partial charge is 0.185 e. The van der Waals surface area contributed by atoms with Gasteiger partial charge in [-0.1, -0.05) is 24.7 Å². The van der Waals surface area contributed by atoms with E-state index in [0.29, 0.717) is 0 Å². The first-order chi connectivity index (χ1) is 9.13. The third-order valence-electron chi connectivity index (χ3n) is 2.90. The number of hydrogen-bond acceptors (Lipinski definition) is 5. The highest BCUT2D eigenvalue weighted by Crippen LogP contribution is 2.27. The van der Waals surface area contributed by atoms with Gasteiger partial charge in [0.05, 0.1) is 23.4 Å². The van der Waals surface area contributed by atoms with Crippen molar-refractivity contribution < 1.29 is 5.11 Å². The molecule has 2 rings (SSSR count). The van der Waals surface area contributed by atoms with Gasteiger partial charge in [-0.15, -0.1) is 0 Å². The lowest BCUT2D eigenvalue weighted by atomic mass is 10.2. The largest absolute Gasteiger partial charge is 0.391 e. The summed E-state index contributed by atoms with van der Waals surface area (Å²) < 4.78 is 1.80. The molecule has 0 amide bonds. The molecule has 0 fully saturated rings. The van der Waals surface area contributed by atoms with Crippen molar-refractivity contribution in [2.24, 2.45) is 7.05 Å². The molecular formula is C13H20N4OS. The number of thiazole rings is 1. The van der Waals surface area contributed by atoms with Crippen LogP contribution in [0, 0.1) is 0 Å². The van der Waals surface area contributed by atoms with Crippen molar-refractivity contribution in [1.82, 2.24) is 14.8 Å². The van der Waals surface area contributed by atoms with Gasteiger partial charge in [0.2, 0.25) is 0 Å². The minimum absolute atomic E-state index is 0.0771. The van der Waals surface area contributed by atoms with Crippen molar-refractivity contribution in [2.45, 2.75) is 32.9 Å². The van der Waals surface area contributed by atoms with E-state index in [2.05, 4.69) is 21.9 Å². The molecule has 2 aromatic heterocycles. The van der Waals surface area contributed by atoms with Crippen LogP contribution in [0.2, 0.25) is 0 Å². The number of hydrogen-bond donors (Lipinski definition) is 1. The Morgan fingerprint density at radius 1 is 1.47 bits per heavy atom. The number of aryl methyl sites for hydroxylation is 2. The van der Waals surface area contributed by atoms with Crippen LogP contribution in [0.1, 0.15) is 29.5 Å². The normalized spacial score (nSPS) is 10.9. The van der Waals surface area contributed by atoms with E-state index in [1.807, 2.05) is 26.5 Å². The van der Waals surface area contributed by atoms with E-state index in [1.54, 1.807) is 16.0 Å². The topological polar surface area (TPSA) is 54.2 Å². The van der Waals surface area contributed by atoms with E-state index in [9.17, 15) is 5.11 Å². The fourth-order valence-electron chi connectivity index (χ4n) is 1.98. The van der Waals surface area contributed by atoms with E-state index in [1.165, 1.54) is 0 Å². The second-order valence-corrected chi connectivity index (χ2v) is 5.71. The average molecular weight is 280 g/mol. The molecule has 5 nitrogen and oxygen atoms in total. The summed E-state index contributed by atoms with van der Waals surface area (Å²) in [6.45, 7) is 2.98. The van der Waals surface area contributed by atoms with Gasteiger partial charge >= 0.3 is 0 Å². The van der Waals surface area contributed by atoms with Crippen LogP contribution >= 0.6 is 11.3 Å². The minimum Gasteiger partial charge on any atom is -0.391 e. The molecule has 0 saturated carbocycles. The Morgan fingerprint density at radius 3 is 2.84 bits per heavy atom. The third-order valence-corrected chi connectivity index (χ3v) is 4.10. The molecule has 0 aliphatic carbocycles. The highest BCUT2D eigenvalue weighted by atomic mass is 32.1. The van der Waals surface area contributed by atoms with Crippen LogP contribution in [-0.4, -0.2) is 26.9 Å². The first-order valence-electron chi connectivity index (χ1n) is 6.42. The molecular weight excluding hydrogens is 260 g/mol. The molecule has 6 heteroatoms. The molecule has 0 atom stereocenters. The van der Waals surface area contributed by atoms with Crippen LogP contribution in [0.3, 0.4) is 0 Å². The summed E-state index contributed by atoms with van der Waals surface area (Å²) in [4.78, 5) is 7.71. The molecule has 2 heterocycles. The fourth-order valence-corrected chi connectivity index (χ4v) is 2.91. The highest BCUT2D eigenvalue weighted by Gasteiger charge is 2.13. The van der Waals surface area contributed by atoms with Crippen molar-refractivity contribution in [3.8, 4) is 0 Å². The van der Waals surface area contributed by atoms with E-state index in [-0.39, 0.29) is 6.61 Å². The van der Waals surface area contributed by atoms with Crippen molar-refractivity contribution in [3.05, 3.63) is 28.5 Å². The molecule has 0 saturated heterocycles. The van der Waals surface area contributed by atoms with Gasteiger partial charge in [-0.2, -0.15) is 5.10 Å². The standard InChI is InChI=1S/C13H20N4OS/c1-4-5-11-12(9-18)19-13(15-11)16(2)7-10-6-14-17(3)8-10/h6,8,18H,4-5,7,9H2,1-3H3. The van der Waals surface area contributed by atoms with Gasteiger partial charge in [0.15, 0.2) is 5.13 Å². The van der Waals surface area contributed by atoms with Crippen LogP contribution < -0.4 is 4.90 Å². The predicted molar refractivity (Wildman–Crippen MR) is 77.3 cm³/mol. The van der Waals surface area contributed by atoms with Crippen molar-refractivity contribution in [1.29, 1.82) is 0 Å². The third kappa shape index (κ3) is 3.33. The van der Waals surface area contributed by atoms with E-state index >= 15 is 0 Å². The fraction of sp³-hybridized carbons (Fsp3) is 0.538. The number of nitrogens with zero attached hydrogens (tertiary/aromatic N) is 4. The van der Waals surface area contributed by atoms with Gasteiger partial charge in [0.1, 0.15) is 0 Å². The van der Waals surface area contributed by atoms with Crippen LogP contribution in [-0.2, 0) is 26.6 Å². The molecule has 19 heavy (non-hydrogen) atoms. The van der Waals surface area contributed by atoms with Crippen molar-refractivity contribution in [3.63, 3.8) is 0 Å². The summed E-state index contributed by atoms with van der Waals surface area (Å²) in [5.41, 5.74) is 2.19. The van der Waals surface area contributed by atoms with Crippen LogP contribution in [0.25, 0.3) is 0 Å². The van der Waals surface area contributed by atoms with E-state index in [4.69, 9.17) is 0 Å². The highest BCUT2D eigenvalue weighted by molar-refractivity contribution is 7.15. The first-order valence-corrected chi connectivity index (χ1v) is 7.23. The summed E-state index contributed by atoms with van der Waals surface area (Å²) in [5, 5.41) is 14.5. The maximum absolute atomic E-state index is 9.37. The summed E-state index contributed by atoms with van der Waals surface area (Å²) >= 11 is 1.57. The lowest BCUT2D eigenvalue weighted by Crippen LogP contribution is -2.15. The van der Waals surface area contributed by atoms with Gasteiger partial charge in [-0.3, -0.25) is 4.68 Å². The Labute approximate surface area is 117 Å². The lowest BCUT2D eigenvalue weighted by Gasteiger charge is -2.14. The zero-order chi connectivity index (χ0) is 13.8. The zero-order valence-corrected chi connectivity index (χ0v) is 12.4. The van der Waals surface area contributed by atoms with Crippen molar-refractivity contribution in [2.75, 3.05) is 11.9 Å². The van der Waals surface area contributed by atoms with Crippen LogP contribution in [0.15, 0.2) is 12.4 Å². The van der Waals surface area contributed by atoms with E-state index < -0.39 is 0 Å². The molecule has 0 bridgehead atoms.